The Bertz CT molecular complexity index is 615. The molecule has 2 amide bonds. The Balaban J connectivity index is 1.50. The van der Waals surface area contributed by atoms with Gasteiger partial charge in [-0.15, -0.1) is 0 Å². The molecule has 3 fully saturated rings. The van der Waals surface area contributed by atoms with E-state index in [0.29, 0.717) is 18.9 Å². The normalized spacial score (nSPS) is 29.0. The van der Waals surface area contributed by atoms with Gasteiger partial charge in [0.2, 0.25) is 0 Å². The van der Waals surface area contributed by atoms with Crippen molar-refractivity contribution in [2.75, 3.05) is 17.3 Å². The fraction of sp³-hybridized carbons (Fsp3) is 0.650. The van der Waals surface area contributed by atoms with Crippen LogP contribution in [0, 0.1) is 0 Å². The van der Waals surface area contributed by atoms with Gasteiger partial charge in [0, 0.05) is 25.2 Å². The number of benzene rings is 1. The quantitative estimate of drug-likeness (QED) is 0.882. The van der Waals surface area contributed by atoms with E-state index in [9.17, 15) is 9.90 Å². The molecule has 0 radical (unpaired) electrons. The van der Waals surface area contributed by atoms with Crippen LogP contribution in [0.5, 0.6) is 0 Å². The van der Waals surface area contributed by atoms with Gasteiger partial charge in [-0.25, -0.2) is 4.79 Å². The molecule has 1 aromatic carbocycles. The van der Waals surface area contributed by atoms with Crippen LogP contribution in [0.25, 0.3) is 0 Å². The van der Waals surface area contributed by atoms with E-state index < -0.39 is 0 Å². The van der Waals surface area contributed by atoms with E-state index in [4.69, 9.17) is 0 Å². The number of piperidine rings is 1. The van der Waals surface area contributed by atoms with Gasteiger partial charge in [-0.05, 0) is 50.7 Å². The summed E-state index contributed by atoms with van der Waals surface area (Å²) in [5, 5.41) is 13.1. The second kappa shape index (κ2) is 6.87. The summed E-state index contributed by atoms with van der Waals surface area (Å²) in [6.07, 6.45) is 8.26. The third kappa shape index (κ3) is 3.22. The number of carbonyl (C=O) groups excluding carboxylic acids is 1. The standard InChI is InChI=1S/C20H29N3O2/c1-22(14-6-2-3-7-14)19-9-5-4-8-18(19)21-20(25)23-15-10-11-16(23)13-17(24)12-15/h4-5,8-9,14-17,24H,2-3,6-7,10-13H2,1H3,(H,21,25)/t15-,16-/m0/s1. The van der Waals surface area contributed by atoms with E-state index in [1.54, 1.807) is 0 Å². The molecule has 2 atom stereocenters. The van der Waals surface area contributed by atoms with Crippen molar-refractivity contribution in [3.63, 3.8) is 0 Å². The molecule has 0 spiro atoms. The van der Waals surface area contributed by atoms with Gasteiger partial charge < -0.3 is 20.2 Å². The van der Waals surface area contributed by atoms with Crippen LogP contribution < -0.4 is 10.2 Å². The molecule has 1 saturated carbocycles. The first-order chi connectivity index (χ1) is 12.1. The van der Waals surface area contributed by atoms with Crippen molar-refractivity contribution >= 4 is 17.4 Å². The van der Waals surface area contributed by atoms with Gasteiger partial charge in [-0.1, -0.05) is 25.0 Å². The first kappa shape index (κ1) is 16.7. The maximum Gasteiger partial charge on any atom is 0.322 e. The van der Waals surface area contributed by atoms with Crippen molar-refractivity contribution < 1.29 is 9.90 Å². The molecule has 5 nitrogen and oxygen atoms in total. The number of carbonyl (C=O) groups is 1. The van der Waals surface area contributed by atoms with Gasteiger partial charge in [0.05, 0.1) is 17.5 Å². The number of urea groups is 1. The summed E-state index contributed by atoms with van der Waals surface area (Å²) < 4.78 is 0. The third-order valence-electron chi connectivity index (χ3n) is 6.34. The number of hydrogen-bond donors (Lipinski definition) is 2. The fourth-order valence-electron chi connectivity index (χ4n) is 5.03. The molecular formula is C20H29N3O2. The lowest BCUT2D eigenvalue weighted by Crippen LogP contribution is -2.49. The van der Waals surface area contributed by atoms with Gasteiger partial charge in [-0.3, -0.25) is 0 Å². The van der Waals surface area contributed by atoms with Gasteiger partial charge in [0.15, 0.2) is 0 Å². The highest BCUT2D eigenvalue weighted by Crippen LogP contribution is 2.37. The van der Waals surface area contributed by atoms with E-state index >= 15 is 0 Å². The minimum absolute atomic E-state index is 0.00771. The zero-order valence-corrected chi connectivity index (χ0v) is 15.0. The molecular weight excluding hydrogens is 314 g/mol. The summed E-state index contributed by atoms with van der Waals surface area (Å²) in [6.45, 7) is 0. The summed E-state index contributed by atoms with van der Waals surface area (Å²) >= 11 is 0. The summed E-state index contributed by atoms with van der Waals surface area (Å²) in [7, 11) is 2.14. The lowest BCUT2D eigenvalue weighted by molar-refractivity contribution is 0.0580. The predicted molar refractivity (Wildman–Crippen MR) is 100 cm³/mol. The number of nitrogens with one attached hydrogen (secondary N) is 1. The molecule has 136 valence electrons. The van der Waals surface area contributed by atoms with E-state index in [-0.39, 0.29) is 24.2 Å². The Kier molecular flexibility index (Phi) is 4.59. The third-order valence-corrected chi connectivity index (χ3v) is 6.34. The minimum atomic E-state index is -0.248. The Morgan fingerprint density at radius 2 is 1.76 bits per heavy atom. The first-order valence-electron chi connectivity index (χ1n) is 9.72. The molecule has 2 saturated heterocycles. The first-order valence-corrected chi connectivity index (χ1v) is 9.72. The number of aliphatic hydroxyl groups excluding tert-OH is 1. The Morgan fingerprint density at radius 1 is 1.12 bits per heavy atom. The maximum atomic E-state index is 12.9. The molecule has 0 aromatic heterocycles. The van der Waals surface area contributed by atoms with Gasteiger partial charge in [0.1, 0.15) is 0 Å². The zero-order chi connectivity index (χ0) is 17.4. The van der Waals surface area contributed by atoms with Crippen LogP contribution in [0.2, 0.25) is 0 Å². The lowest BCUT2D eigenvalue weighted by Gasteiger charge is -2.37. The summed E-state index contributed by atoms with van der Waals surface area (Å²) in [6, 6.07) is 9.06. The van der Waals surface area contributed by atoms with Crippen LogP contribution in [0.3, 0.4) is 0 Å². The highest BCUT2D eigenvalue weighted by Gasteiger charge is 2.42. The fourth-order valence-corrected chi connectivity index (χ4v) is 5.03. The molecule has 0 unspecified atom stereocenters. The van der Waals surface area contributed by atoms with Crippen molar-refractivity contribution in [1.82, 2.24) is 4.90 Å². The number of rotatable bonds is 3. The van der Waals surface area contributed by atoms with Crippen molar-refractivity contribution in [2.45, 2.75) is 75.6 Å². The second-order valence-electron chi connectivity index (χ2n) is 7.91. The molecule has 2 bridgehead atoms. The zero-order valence-electron chi connectivity index (χ0n) is 15.0. The van der Waals surface area contributed by atoms with Gasteiger partial charge >= 0.3 is 6.03 Å². The van der Waals surface area contributed by atoms with Crippen molar-refractivity contribution in [2.24, 2.45) is 0 Å². The Hall–Kier alpha value is -1.75. The molecule has 1 aliphatic carbocycles. The number of fused-ring (bicyclic) bond motifs is 2. The Labute approximate surface area is 150 Å². The van der Waals surface area contributed by atoms with E-state index in [0.717, 1.165) is 24.2 Å². The van der Waals surface area contributed by atoms with Crippen molar-refractivity contribution in [3.8, 4) is 0 Å². The molecule has 3 aliphatic rings. The minimum Gasteiger partial charge on any atom is -0.393 e. The molecule has 5 heteroatoms. The molecule has 2 N–H and O–H groups in total. The number of anilines is 2. The van der Waals surface area contributed by atoms with E-state index in [1.165, 1.54) is 25.7 Å². The monoisotopic (exact) mass is 343 g/mol. The largest absolute Gasteiger partial charge is 0.393 e. The number of hydrogen-bond acceptors (Lipinski definition) is 3. The molecule has 2 heterocycles. The van der Waals surface area contributed by atoms with Crippen LogP contribution in [-0.2, 0) is 0 Å². The lowest BCUT2D eigenvalue weighted by atomic mass is 10.0. The topological polar surface area (TPSA) is 55.8 Å². The van der Waals surface area contributed by atoms with E-state index in [1.807, 2.05) is 23.1 Å². The van der Waals surface area contributed by atoms with Gasteiger partial charge in [0.25, 0.3) is 0 Å². The van der Waals surface area contributed by atoms with E-state index in [2.05, 4.69) is 23.3 Å². The second-order valence-corrected chi connectivity index (χ2v) is 7.91. The van der Waals surface area contributed by atoms with Gasteiger partial charge in [-0.2, -0.15) is 0 Å². The molecule has 2 aliphatic heterocycles. The van der Waals surface area contributed by atoms with Crippen molar-refractivity contribution in [3.05, 3.63) is 24.3 Å². The SMILES string of the molecule is CN(c1ccccc1NC(=O)N1[C@H]2CC[C@H]1CC(O)C2)C1CCCC1. The van der Waals surface area contributed by atoms with Crippen LogP contribution >= 0.6 is 0 Å². The van der Waals surface area contributed by atoms with Crippen LogP contribution in [0.1, 0.15) is 51.4 Å². The summed E-state index contributed by atoms with van der Waals surface area (Å²) in [5.41, 5.74) is 2.00. The highest BCUT2D eigenvalue weighted by atomic mass is 16.3. The maximum absolute atomic E-state index is 12.9. The smallest absolute Gasteiger partial charge is 0.322 e. The van der Waals surface area contributed by atoms with Crippen molar-refractivity contribution in [1.29, 1.82) is 0 Å². The van der Waals surface area contributed by atoms with Crippen LogP contribution in [0.4, 0.5) is 16.2 Å². The molecule has 25 heavy (non-hydrogen) atoms. The number of aliphatic hydroxyl groups is 1. The number of para-hydroxylation sites is 2. The van der Waals surface area contributed by atoms with Crippen LogP contribution in [0.15, 0.2) is 24.3 Å². The predicted octanol–water partition coefficient (Wildman–Crippen LogP) is 3.59. The number of nitrogens with zero attached hydrogens (tertiary/aromatic N) is 2. The summed E-state index contributed by atoms with van der Waals surface area (Å²) in [4.78, 5) is 17.3. The average Bonchev–Trinajstić information content (AvgIpc) is 3.22. The van der Waals surface area contributed by atoms with Crippen LogP contribution in [-0.4, -0.2) is 47.3 Å². The molecule has 1 aromatic rings. The highest BCUT2D eigenvalue weighted by molar-refractivity contribution is 5.93. The molecule has 4 rings (SSSR count). The Morgan fingerprint density at radius 3 is 2.44 bits per heavy atom. The summed E-state index contributed by atoms with van der Waals surface area (Å²) in [5.74, 6) is 0. The number of amides is 2. The average molecular weight is 343 g/mol.